The molecule has 1 amide bonds. The molecule has 0 aromatic carbocycles. The topological polar surface area (TPSA) is 62.2 Å². The lowest BCUT2D eigenvalue weighted by molar-refractivity contribution is -0.117. The minimum atomic E-state index is -0.242. The van der Waals surface area contributed by atoms with Crippen molar-refractivity contribution in [3.63, 3.8) is 0 Å². The molecule has 0 saturated carbocycles. The van der Waals surface area contributed by atoms with Crippen molar-refractivity contribution >= 4 is 23.6 Å². The summed E-state index contributed by atoms with van der Waals surface area (Å²) in [6, 6.07) is 3.19. The van der Waals surface area contributed by atoms with Gasteiger partial charge >= 0.3 is 0 Å². The summed E-state index contributed by atoms with van der Waals surface area (Å²) in [7, 11) is 0. The van der Waals surface area contributed by atoms with Gasteiger partial charge in [0.15, 0.2) is 0 Å². The van der Waals surface area contributed by atoms with Gasteiger partial charge in [0.25, 0.3) is 0 Å². The normalized spacial score (nSPS) is 13.4. The predicted octanol–water partition coefficient (Wildman–Crippen LogP) is 2.66. The molecule has 0 aliphatic heterocycles. The number of aromatic nitrogens is 1. The van der Waals surface area contributed by atoms with Crippen molar-refractivity contribution in [2.75, 3.05) is 6.61 Å². The first-order valence-corrected chi connectivity index (χ1v) is 6.89. The molecular formula is C15H21ClN2O2. The van der Waals surface area contributed by atoms with E-state index in [-0.39, 0.29) is 24.0 Å². The Morgan fingerprint density at radius 3 is 2.80 bits per heavy atom. The van der Waals surface area contributed by atoms with Crippen LogP contribution in [0.1, 0.15) is 32.8 Å². The van der Waals surface area contributed by atoms with E-state index in [1.807, 2.05) is 0 Å². The van der Waals surface area contributed by atoms with Crippen LogP contribution in [0.4, 0.5) is 0 Å². The van der Waals surface area contributed by atoms with E-state index < -0.39 is 0 Å². The molecule has 5 heteroatoms. The van der Waals surface area contributed by atoms with Gasteiger partial charge in [0.2, 0.25) is 5.91 Å². The van der Waals surface area contributed by atoms with Gasteiger partial charge in [-0.15, -0.1) is 0 Å². The van der Waals surface area contributed by atoms with Gasteiger partial charge in [0.05, 0.1) is 12.6 Å². The number of pyridine rings is 1. The average Bonchev–Trinajstić information content (AvgIpc) is 2.34. The van der Waals surface area contributed by atoms with Gasteiger partial charge in [-0.25, -0.2) is 4.98 Å². The molecule has 0 radical (unpaired) electrons. The van der Waals surface area contributed by atoms with Gasteiger partial charge < -0.3 is 10.4 Å². The van der Waals surface area contributed by atoms with E-state index in [1.54, 1.807) is 24.4 Å². The first-order valence-electron chi connectivity index (χ1n) is 6.51. The highest BCUT2D eigenvalue weighted by Gasteiger charge is 2.18. The van der Waals surface area contributed by atoms with Crippen molar-refractivity contribution in [3.8, 4) is 0 Å². The summed E-state index contributed by atoms with van der Waals surface area (Å²) in [5, 5.41) is 12.5. The third-order valence-electron chi connectivity index (χ3n) is 2.60. The van der Waals surface area contributed by atoms with E-state index in [1.165, 1.54) is 6.08 Å². The number of rotatable bonds is 5. The molecule has 2 N–H and O–H groups in total. The number of amides is 1. The molecule has 0 fully saturated rings. The van der Waals surface area contributed by atoms with Crippen LogP contribution in [-0.2, 0) is 4.79 Å². The number of carbonyl (C=O) groups excluding carboxylic acids is 1. The van der Waals surface area contributed by atoms with Crippen molar-refractivity contribution < 1.29 is 9.90 Å². The summed E-state index contributed by atoms with van der Waals surface area (Å²) >= 11 is 5.76. The quantitative estimate of drug-likeness (QED) is 0.648. The number of carbonyl (C=O) groups is 1. The van der Waals surface area contributed by atoms with Gasteiger partial charge in [-0.3, -0.25) is 4.79 Å². The Morgan fingerprint density at radius 1 is 1.55 bits per heavy atom. The SMILES string of the molecule is CC(C)(C)CC(CO)NC(=O)/C=C/c1ccnc(Cl)c1. The third-order valence-corrected chi connectivity index (χ3v) is 2.81. The number of aliphatic hydroxyl groups is 1. The lowest BCUT2D eigenvalue weighted by Crippen LogP contribution is -2.39. The zero-order valence-corrected chi connectivity index (χ0v) is 12.8. The Hall–Kier alpha value is -1.39. The maximum absolute atomic E-state index is 11.8. The van der Waals surface area contributed by atoms with E-state index in [9.17, 15) is 9.90 Å². The van der Waals surface area contributed by atoms with Crippen LogP contribution in [0.2, 0.25) is 5.15 Å². The number of nitrogens with one attached hydrogen (secondary N) is 1. The monoisotopic (exact) mass is 296 g/mol. The molecule has 0 saturated heterocycles. The van der Waals surface area contributed by atoms with Gasteiger partial charge in [-0.1, -0.05) is 32.4 Å². The summed E-state index contributed by atoms with van der Waals surface area (Å²) in [5.41, 5.74) is 0.847. The minimum Gasteiger partial charge on any atom is -0.394 e. The number of aliphatic hydroxyl groups excluding tert-OH is 1. The van der Waals surface area contributed by atoms with Crippen LogP contribution in [0.3, 0.4) is 0 Å². The maximum Gasteiger partial charge on any atom is 0.244 e. The summed E-state index contributed by atoms with van der Waals surface area (Å²) in [5.74, 6) is -0.235. The van der Waals surface area contributed by atoms with Gasteiger partial charge in [-0.2, -0.15) is 0 Å². The van der Waals surface area contributed by atoms with Crippen LogP contribution in [-0.4, -0.2) is 28.6 Å². The Labute approximate surface area is 124 Å². The molecule has 0 spiro atoms. The van der Waals surface area contributed by atoms with E-state index in [2.05, 4.69) is 31.1 Å². The second kappa shape index (κ2) is 7.41. The molecule has 110 valence electrons. The fraction of sp³-hybridized carbons (Fsp3) is 0.467. The van der Waals surface area contributed by atoms with E-state index in [0.29, 0.717) is 11.6 Å². The van der Waals surface area contributed by atoms with Crippen molar-refractivity contribution in [3.05, 3.63) is 35.1 Å². The van der Waals surface area contributed by atoms with E-state index >= 15 is 0 Å². The minimum absolute atomic E-state index is 0.0447. The Morgan fingerprint density at radius 2 is 2.25 bits per heavy atom. The van der Waals surface area contributed by atoms with Crippen LogP contribution < -0.4 is 5.32 Å². The second-order valence-electron chi connectivity index (χ2n) is 5.90. The molecule has 1 atom stereocenters. The van der Waals surface area contributed by atoms with Gasteiger partial charge in [0.1, 0.15) is 5.15 Å². The number of hydrogen-bond donors (Lipinski definition) is 2. The molecule has 4 nitrogen and oxygen atoms in total. The Bertz CT molecular complexity index is 481. The highest BCUT2D eigenvalue weighted by Crippen LogP contribution is 2.20. The fourth-order valence-electron chi connectivity index (χ4n) is 1.84. The molecule has 0 aliphatic rings. The summed E-state index contributed by atoms with van der Waals surface area (Å²) in [4.78, 5) is 15.7. The fourth-order valence-corrected chi connectivity index (χ4v) is 2.03. The van der Waals surface area contributed by atoms with Gasteiger partial charge in [0, 0.05) is 12.3 Å². The van der Waals surface area contributed by atoms with Crippen LogP contribution in [0.5, 0.6) is 0 Å². The Balaban J connectivity index is 2.58. The molecule has 1 heterocycles. The van der Waals surface area contributed by atoms with Gasteiger partial charge in [-0.05, 0) is 35.6 Å². The van der Waals surface area contributed by atoms with Crippen LogP contribution in [0, 0.1) is 5.41 Å². The standard InChI is InChI=1S/C15H21ClN2O2/c1-15(2,3)9-12(10-19)18-14(20)5-4-11-6-7-17-13(16)8-11/h4-8,12,19H,9-10H2,1-3H3,(H,18,20)/b5-4+. The second-order valence-corrected chi connectivity index (χ2v) is 6.29. The molecule has 1 rings (SSSR count). The summed E-state index contributed by atoms with van der Waals surface area (Å²) in [6.07, 6.45) is 5.38. The molecule has 0 bridgehead atoms. The first-order chi connectivity index (χ1) is 9.30. The van der Waals surface area contributed by atoms with Crippen molar-refractivity contribution in [1.29, 1.82) is 0 Å². The smallest absolute Gasteiger partial charge is 0.244 e. The molecular weight excluding hydrogens is 276 g/mol. The number of halogens is 1. The third kappa shape index (κ3) is 6.68. The lowest BCUT2D eigenvalue weighted by Gasteiger charge is -2.24. The van der Waals surface area contributed by atoms with Crippen LogP contribution in [0.25, 0.3) is 6.08 Å². The maximum atomic E-state index is 11.8. The first kappa shape index (κ1) is 16.7. The number of nitrogens with zero attached hydrogens (tertiary/aromatic N) is 1. The highest BCUT2D eigenvalue weighted by molar-refractivity contribution is 6.29. The van der Waals surface area contributed by atoms with Crippen molar-refractivity contribution in [2.24, 2.45) is 5.41 Å². The highest BCUT2D eigenvalue weighted by atomic mass is 35.5. The van der Waals surface area contributed by atoms with E-state index in [4.69, 9.17) is 11.6 Å². The zero-order chi connectivity index (χ0) is 15.2. The molecule has 20 heavy (non-hydrogen) atoms. The van der Waals surface area contributed by atoms with Crippen molar-refractivity contribution in [2.45, 2.75) is 33.2 Å². The van der Waals surface area contributed by atoms with Crippen LogP contribution in [0.15, 0.2) is 24.4 Å². The van der Waals surface area contributed by atoms with Crippen molar-refractivity contribution in [1.82, 2.24) is 10.3 Å². The molecule has 1 aromatic heterocycles. The van der Waals surface area contributed by atoms with Crippen LogP contribution >= 0.6 is 11.6 Å². The molecule has 1 aromatic rings. The zero-order valence-electron chi connectivity index (χ0n) is 12.1. The largest absolute Gasteiger partial charge is 0.394 e. The average molecular weight is 297 g/mol. The number of hydrogen-bond acceptors (Lipinski definition) is 3. The molecule has 0 aliphatic carbocycles. The lowest BCUT2D eigenvalue weighted by atomic mass is 9.88. The Kier molecular flexibility index (Phi) is 6.17. The predicted molar refractivity (Wildman–Crippen MR) is 81.4 cm³/mol. The summed E-state index contributed by atoms with van der Waals surface area (Å²) in [6.45, 7) is 6.13. The van der Waals surface area contributed by atoms with E-state index in [0.717, 1.165) is 5.56 Å². The summed E-state index contributed by atoms with van der Waals surface area (Å²) < 4.78 is 0. The molecule has 1 unspecified atom stereocenters.